The lowest BCUT2D eigenvalue weighted by Crippen LogP contribution is -2.52. The van der Waals surface area contributed by atoms with Crippen LogP contribution in [0.4, 0.5) is 0 Å². The van der Waals surface area contributed by atoms with Crippen molar-refractivity contribution >= 4 is 5.97 Å². The van der Waals surface area contributed by atoms with E-state index in [9.17, 15) is 4.79 Å². The van der Waals surface area contributed by atoms with Gasteiger partial charge in [0.25, 0.3) is 0 Å². The molecule has 0 amide bonds. The maximum absolute atomic E-state index is 12.6. The summed E-state index contributed by atoms with van der Waals surface area (Å²) < 4.78 is 6.05. The van der Waals surface area contributed by atoms with Crippen LogP contribution in [0.25, 0.3) is 0 Å². The van der Waals surface area contributed by atoms with E-state index in [0.29, 0.717) is 23.2 Å². The number of carbonyl (C=O) groups is 1. The number of allylic oxidation sites excluding steroid dienone is 2. The van der Waals surface area contributed by atoms with Gasteiger partial charge >= 0.3 is 5.97 Å². The molecule has 9 atom stereocenters. The molecule has 38 heavy (non-hydrogen) atoms. The maximum atomic E-state index is 12.6. The summed E-state index contributed by atoms with van der Waals surface area (Å²) in [6, 6.07) is 0. The Bertz CT molecular complexity index is 784. The summed E-state index contributed by atoms with van der Waals surface area (Å²) in [6.07, 6.45) is 26.7. The van der Waals surface area contributed by atoms with Crippen molar-refractivity contribution in [3.05, 3.63) is 12.2 Å². The molecule has 2 heteroatoms. The minimum absolute atomic E-state index is 0.0553. The Morgan fingerprint density at radius 3 is 2.32 bits per heavy atom. The molecule has 0 spiro atoms. The van der Waals surface area contributed by atoms with Crippen molar-refractivity contribution in [2.75, 3.05) is 0 Å². The predicted octanol–water partition coefficient (Wildman–Crippen LogP) is 10.5. The standard InChI is InChI=1S/C36H62O2/c1-7-8-9-10-11-12-16-34(37)38-29-21-23-35(5)28(25-29)17-18-30-32-20-19-31(27(4)15-13-14-26(2)3)36(32,6)24-22-33(30)35/h17-18,26-33H,7-16,19-25H2,1-6H3/t27-,28?,29+,30+,31-,32+,33+,35+,36-/m1/s1. The lowest BCUT2D eigenvalue weighted by molar-refractivity contribution is -0.155. The summed E-state index contributed by atoms with van der Waals surface area (Å²) in [5.74, 6) is 5.74. The Labute approximate surface area is 236 Å². The molecule has 0 aliphatic heterocycles. The van der Waals surface area contributed by atoms with Gasteiger partial charge in [-0.3, -0.25) is 4.79 Å². The minimum atomic E-state index is 0.0553. The summed E-state index contributed by atoms with van der Waals surface area (Å²) in [6.45, 7) is 14.9. The van der Waals surface area contributed by atoms with Crippen molar-refractivity contribution in [3.63, 3.8) is 0 Å². The smallest absolute Gasteiger partial charge is 0.306 e. The highest BCUT2D eigenvalue weighted by molar-refractivity contribution is 5.69. The first kappa shape index (κ1) is 30.2. The molecule has 0 N–H and O–H groups in total. The van der Waals surface area contributed by atoms with E-state index in [-0.39, 0.29) is 12.1 Å². The average Bonchev–Trinajstić information content (AvgIpc) is 3.23. The van der Waals surface area contributed by atoms with Crippen LogP contribution in [0.2, 0.25) is 0 Å². The van der Waals surface area contributed by atoms with Gasteiger partial charge in [0.2, 0.25) is 0 Å². The summed E-state index contributed by atoms with van der Waals surface area (Å²) >= 11 is 0. The Kier molecular flexibility index (Phi) is 10.5. The molecule has 4 aliphatic carbocycles. The first-order chi connectivity index (χ1) is 18.2. The van der Waals surface area contributed by atoms with Crippen molar-refractivity contribution < 1.29 is 9.53 Å². The zero-order valence-electron chi connectivity index (χ0n) is 26.1. The van der Waals surface area contributed by atoms with Crippen LogP contribution in [0.5, 0.6) is 0 Å². The Hall–Kier alpha value is -0.790. The normalized spacial score (nSPS) is 38.9. The van der Waals surface area contributed by atoms with E-state index in [1.807, 2.05) is 0 Å². The number of fused-ring (bicyclic) bond motifs is 5. The van der Waals surface area contributed by atoms with E-state index >= 15 is 0 Å². The number of hydrogen-bond donors (Lipinski definition) is 0. The molecule has 0 radical (unpaired) electrons. The average molecular weight is 527 g/mol. The molecule has 0 aromatic rings. The van der Waals surface area contributed by atoms with Crippen molar-refractivity contribution in [1.82, 2.24) is 0 Å². The largest absolute Gasteiger partial charge is 0.462 e. The quantitative estimate of drug-likeness (QED) is 0.135. The fraction of sp³-hybridized carbons (Fsp3) is 0.917. The third-order valence-electron chi connectivity index (χ3n) is 12.3. The summed E-state index contributed by atoms with van der Waals surface area (Å²) in [5.41, 5.74) is 0.930. The monoisotopic (exact) mass is 526 g/mol. The van der Waals surface area contributed by atoms with Gasteiger partial charge < -0.3 is 4.74 Å². The van der Waals surface area contributed by atoms with E-state index in [1.165, 1.54) is 83.5 Å². The molecular weight excluding hydrogens is 464 g/mol. The fourth-order valence-corrected chi connectivity index (χ4v) is 10.0. The van der Waals surface area contributed by atoms with E-state index < -0.39 is 0 Å². The van der Waals surface area contributed by atoms with Crippen LogP contribution < -0.4 is 0 Å². The van der Waals surface area contributed by atoms with Gasteiger partial charge in [-0.2, -0.15) is 0 Å². The number of hydrogen-bond acceptors (Lipinski definition) is 2. The third-order valence-corrected chi connectivity index (χ3v) is 12.3. The highest BCUT2D eigenvalue weighted by atomic mass is 16.5. The number of ether oxygens (including phenoxy) is 1. The summed E-state index contributed by atoms with van der Waals surface area (Å²) in [4.78, 5) is 12.6. The highest BCUT2D eigenvalue weighted by Crippen LogP contribution is 2.67. The van der Waals surface area contributed by atoms with Crippen molar-refractivity contribution in [2.45, 2.75) is 157 Å². The van der Waals surface area contributed by atoms with Gasteiger partial charge in [-0.25, -0.2) is 0 Å². The second-order valence-electron chi connectivity index (χ2n) is 15.2. The molecule has 0 aromatic heterocycles. The molecule has 1 unspecified atom stereocenters. The van der Waals surface area contributed by atoms with Crippen LogP contribution in [0.3, 0.4) is 0 Å². The third kappa shape index (κ3) is 6.57. The van der Waals surface area contributed by atoms with Gasteiger partial charge in [0.15, 0.2) is 0 Å². The molecule has 3 saturated carbocycles. The van der Waals surface area contributed by atoms with Crippen LogP contribution >= 0.6 is 0 Å². The summed E-state index contributed by atoms with van der Waals surface area (Å²) in [5, 5.41) is 0. The molecule has 0 aromatic carbocycles. The number of unbranched alkanes of at least 4 members (excludes halogenated alkanes) is 5. The van der Waals surface area contributed by atoms with Crippen LogP contribution in [0.1, 0.15) is 151 Å². The molecule has 2 nitrogen and oxygen atoms in total. The first-order valence-corrected chi connectivity index (χ1v) is 17.1. The van der Waals surface area contributed by atoms with Crippen molar-refractivity contribution in [2.24, 2.45) is 52.3 Å². The molecular formula is C36H62O2. The zero-order chi connectivity index (χ0) is 27.3. The molecule has 3 fully saturated rings. The molecule has 0 saturated heterocycles. The Balaban J connectivity index is 1.31. The summed E-state index contributed by atoms with van der Waals surface area (Å²) in [7, 11) is 0. The molecule has 4 aliphatic rings. The molecule has 0 bridgehead atoms. The lowest BCUT2D eigenvalue weighted by atomic mass is 9.46. The second-order valence-corrected chi connectivity index (χ2v) is 15.2. The van der Waals surface area contributed by atoms with Gasteiger partial charge in [-0.1, -0.05) is 105 Å². The van der Waals surface area contributed by atoms with Gasteiger partial charge in [0.1, 0.15) is 6.10 Å². The van der Waals surface area contributed by atoms with Crippen LogP contribution in [-0.2, 0) is 9.53 Å². The number of carbonyl (C=O) groups excluding carboxylic acids is 1. The van der Waals surface area contributed by atoms with Gasteiger partial charge in [0, 0.05) is 6.42 Å². The second kappa shape index (κ2) is 13.2. The van der Waals surface area contributed by atoms with Gasteiger partial charge in [-0.05, 0) is 104 Å². The predicted molar refractivity (Wildman–Crippen MR) is 161 cm³/mol. The van der Waals surface area contributed by atoms with Gasteiger partial charge in [0.05, 0.1) is 0 Å². The van der Waals surface area contributed by atoms with Crippen LogP contribution in [-0.4, -0.2) is 12.1 Å². The van der Waals surface area contributed by atoms with E-state index in [1.54, 1.807) is 0 Å². The number of rotatable bonds is 13. The first-order valence-electron chi connectivity index (χ1n) is 17.1. The van der Waals surface area contributed by atoms with Crippen molar-refractivity contribution in [1.29, 1.82) is 0 Å². The van der Waals surface area contributed by atoms with Crippen LogP contribution in [0, 0.1) is 52.3 Å². The Morgan fingerprint density at radius 2 is 1.55 bits per heavy atom. The SMILES string of the molecule is CCCCCCCCC(=O)O[C@H]1CC[C@@]2(C)C(C=C[C@H]3[C@@H]4CC[C@H]([C@H](C)CCCC(C)C)[C@@]4(C)CC[C@@H]32)C1. The molecule has 218 valence electrons. The van der Waals surface area contributed by atoms with Crippen LogP contribution in [0.15, 0.2) is 12.2 Å². The highest BCUT2D eigenvalue weighted by Gasteiger charge is 2.59. The lowest BCUT2D eigenvalue weighted by Gasteiger charge is -2.59. The number of esters is 1. The van der Waals surface area contributed by atoms with Gasteiger partial charge in [-0.15, -0.1) is 0 Å². The van der Waals surface area contributed by atoms with E-state index in [2.05, 4.69) is 53.7 Å². The van der Waals surface area contributed by atoms with Crippen molar-refractivity contribution in [3.8, 4) is 0 Å². The minimum Gasteiger partial charge on any atom is -0.462 e. The van der Waals surface area contributed by atoms with E-state index in [0.717, 1.165) is 54.8 Å². The fourth-order valence-electron chi connectivity index (χ4n) is 10.0. The van der Waals surface area contributed by atoms with E-state index in [4.69, 9.17) is 4.74 Å². The Morgan fingerprint density at radius 1 is 0.842 bits per heavy atom. The maximum Gasteiger partial charge on any atom is 0.306 e. The topological polar surface area (TPSA) is 26.3 Å². The zero-order valence-corrected chi connectivity index (χ0v) is 26.1. The molecule has 0 heterocycles. The molecule has 4 rings (SSSR count).